The summed E-state index contributed by atoms with van der Waals surface area (Å²) in [5, 5.41) is 3.00. The van der Waals surface area contributed by atoms with Crippen molar-refractivity contribution in [3.05, 3.63) is 35.6 Å². The Bertz CT molecular complexity index is 458. The molecule has 1 aromatic carbocycles. The largest absolute Gasteiger partial charge is 0.356 e. The van der Waals surface area contributed by atoms with Gasteiger partial charge in [-0.3, -0.25) is 4.79 Å². The molecule has 1 N–H and O–H groups in total. The highest BCUT2D eigenvalue weighted by atomic mass is 32.2. The van der Waals surface area contributed by atoms with Crippen molar-refractivity contribution in [2.24, 2.45) is 11.3 Å². The minimum Gasteiger partial charge on any atom is -0.356 e. The van der Waals surface area contributed by atoms with E-state index in [4.69, 9.17) is 0 Å². The molecule has 0 saturated heterocycles. The summed E-state index contributed by atoms with van der Waals surface area (Å²) < 4.78 is 12.7. The molecule has 2 nitrogen and oxygen atoms in total. The van der Waals surface area contributed by atoms with Crippen molar-refractivity contribution in [3.63, 3.8) is 0 Å². The predicted octanol–water partition coefficient (Wildman–Crippen LogP) is 3.61. The molecule has 1 amide bonds. The van der Waals surface area contributed by atoms with Crippen LogP contribution in [0.4, 0.5) is 4.39 Å². The molecule has 0 bridgehead atoms. The zero-order chi connectivity index (χ0) is 14.6. The van der Waals surface area contributed by atoms with Crippen LogP contribution < -0.4 is 5.32 Å². The summed E-state index contributed by atoms with van der Waals surface area (Å²) >= 11 is 1.81. The van der Waals surface area contributed by atoms with Crippen LogP contribution in [0.2, 0.25) is 0 Å². The van der Waals surface area contributed by atoms with Crippen molar-refractivity contribution in [1.82, 2.24) is 5.32 Å². The van der Waals surface area contributed by atoms with E-state index in [-0.39, 0.29) is 23.1 Å². The second-order valence-corrected chi connectivity index (χ2v) is 7.17. The summed E-state index contributed by atoms with van der Waals surface area (Å²) in [6, 6.07) is 6.62. The molecule has 1 aliphatic carbocycles. The zero-order valence-corrected chi connectivity index (χ0v) is 12.9. The number of thioether (sulfide) groups is 1. The van der Waals surface area contributed by atoms with E-state index in [0.717, 1.165) is 36.5 Å². The first-order valence-electron chi connectivity index (χ1n) is 7.09. The number of hydrogen-bond acceptors (Lipinski definition) is 2. The Balaban J connectivity index is 1.52. The first-order valence-corrected chi connectivity index (χ1v) is 8.24. The summed E-state index contributed by atoms with van der Waals surface area (Å²) in [6.45, 7) is 5.02. The summed E-state index contributed by atoms with van der Waals surface area (Å²) in [5.74, 6) is 2.13. The van der Waals surface area contributed by atoms with E-state index in [1.165, 1.54) is 12.1 Å². The van der Waals surface area contributed by atoms with Gasteiger partial charge in [-0.1, -0.05) is 26.0 Å². The monoisotopic (exact) mass is 295 g/mol. The molecular formula is C16H22FNOS. The number of rotatable bonds is 7. The highest BCUT2D eigenvalue weighted by Gasteiger charge is 2.50. The van der Waals surface area contributed by atoms with Crippen molar-refractivity contribution >= 4 is 17.7 Å². The van der Waals surface area contributed by atoms with Gasteiger partial charge >= 0.3 is 0 Å². The molecule has 0 aliphatic heterocycles. The van der Waals surface area contributed by atoms with E-state index in [0.29, 0.717) is 0 Å². The highest BCUT2D eigenvalue weighted by Crippen LogP contribution is 2.51. The molecular weight excluding hydrogens is 273 g/mol. The lowest BCUT2D eigenvalue weighted by Crippen LogP contribution is -2.27. The van der Waals surface area contributed by atoms with Crippen LogP contribution in [0, 0.1) is 17.2 Å². The van der Waals surface area contributed by atoms with Gasteiger partial charge < -0.3 is 5.32 Å². The van der Waals surface area contributed by atoms with Crippen molar-refractivity contribution in [2.45, 2.75) is 32.4 Å². The van der Waals surface area contributed by atoms with Gasteiger partial charge in [0.25, 0.3) is 0 Å². The third kappa shape index (κ3) is 4.51. The molecule has 0 aromatic heterocycles. The van der Waals surface area contributed by atoms with E-state index in [1.54, 1.807) is 0 Å². The molecule has 0 unspecified atom stereocenters. The fraction of sp³-hybridized carbons (Fsp3) is 0.562. The minimum atomic E-state index is -0.190. The van der Waals surface area contributed by atoms with E-state index < -0.39 is 0 Å². The number of hydrogen-bond donors (Lipinski definition) is 1. The smallest absolute Gasteiger partial charge is 0.223 e. The van der Waals surface area contributed by atoms with Gasteiger partial charge in [0.2, 0.25) is 5.91 Å². The number of amides is 1. The Morgan fingerprint density at radius 3 is 2.65 bits per heavy atom. The predicted molar refractivity (Wildman–Crippen MR) is 82.1 cm³/mol. The molecule has 1 saturated carbocycles. The van der Waals surface area contributed by atoms with E-state index in [1.807, 2.05) is 23.9 Å². The second-order valence-electron chi connectivity index (χ2n) is 6.07. The standard InChI is InChI=1S/C16H22FNOS/c1-16(2)10-14(16)15(19)18-8-3-9-20-11-12-4-6-13(17)7-5-12/h4-7,14H,3,8-11H2,1-2H3,(H,18,19)/t14-/m1/s1. The molecule has 0 heterocycles. The normalized spacial score (nSPS) is 19.6. The van der Waals surface area contributed by atoms with Gasteiger partial charge in [-0.15, -0.1) is 0 Å². The zero-order valence-electron chi connectivity index (χ0n) is 12.1. The third-order valence-electron chi connectivity index (χ3n) is 3.78. The molecule has 0 radical (unpaired) electrons. The number of nitrogens with one attached hydrogen (secondary N) is 1. The molecule has 1 fully saturated rings. The Morgan fingerprint density at radius 2 is 2.05 bits per heavy atom. The number of carbonyl (C=O) groups is 1. The van der Waals surface area contributed by atoms with Crippen molar-refractivity contribution < 1.29 is 9.18 Å². The topological polar surface area (TPSA) is 29.1 Å². The molecule has 110 valence electrons. The van der Waals surface area contributed by atoms with Crippen LogP contribution in [0.3, 0.4) is 0 Å². The average molecular weight is 295 g/mol. The lowest BCUT2D eigenvalue weighted by Gasteiger charge is -2.06. The Hall–Kier alpha value is -1.03. The molecule has 20 heavy (non-hydrogen) atoms. The maximum atomic E-state index is 12.7. The van der Waals surface area contributed by atoms with Crippen LogP contribution in [0.1, 0.15) is 32.3 Å². The lowest BCUT2D eigenvalue weighted by atomic mass is 10.1. The van der Waals surface area contributed by atoms with Gasteiger partial charge in [-0.25, -0.2) is 4.39 Å². The molecule has 1 aromatic rings. The van der Waals surface area contributed by atoms with E-state index in [9.17, 15) is 9.18 Å². The highest BCUT2D eigenvalue weighted by molar-refractivity contribution is 7.98. The third-order valence-corrected chi connectivity index (χ3v) is 4.89. The van der Waals surface area contributed by atoms with Gasteiger partial charge in [0.1, 0.15) is 5.82 Å². The average Bonchev–Trinajstić information content (AvgIpc) is 3.05. The maximum absolute atomic E-state index is 12.7. The van der Waals surface area contributed by atoms with Crippen molar-refractivity contribution in [2.75, 3.05) is 12.3 Å². The maximum Gasteiger partial charge on any atom is 0.223 e. The van der Waals surface area contributed by atoms with Crippen LogP contribution in [0.5, 0.6) is 0 Å². The quantitative estimate of drug-likeness (QED) is 0.779. The van der Waals surface area contributed by atoms with Gasteiger partial charge in [0.05, 0.1) is 0 Å². The Kier molecular flexibility index (Phi) is 5.08. The molecule has 1 aliphatic rings. The summed E-state index contributed by atoms with van der Waals surface area (Å²) in [7, 11) is 0. The van der Waals surface area contributed by atoms with Gasteiger partial charge in [0, 0.05) is 18.2 Å². The van der Waals surface area contributed by atoms with E-state index >= 15 is 0 Å². The van der Waals surface area contributed by atoms with Crippen LogP contribution in [-0.2, 0) is 10.5 Å². The first-order chi connectivity index (χ1) is 9.49. The summed E-state index contributed by atoms with van der Waals surface area (Å²) in [6.07, 6.45) is 1.99. The van der Waals surface area contributed by atoms with Gasteiger partial charge in [-0.2, -0.15) is 11.8 Å². The van der Waals surface area contributed by atoms with Crippen LogP contribution >= 0.6 is 11.8 Å². The number of benzene rings is 1. The molecule has 0 spiro atoms. The first kappa shape index (κ1) is 15.4. The minimum absolute atomic E-state index is 0.190. The number of carbonyl (C=O) groups excluding carboxylic acids is 1. The SMILES string of the molecule is CC1(C)C[C@@H]1C(=O)NCCCSCc1ccc(F)cc1. The second kappa shape index (κ2) is 6.61. The summed E-state index contributed by atoms with van der Waals surface area (Å²) in [4.78, 5) is 11.8. The van der Waals surface area contributed by atoms with Gasteiger partial charge in [0.15, 0.2) is 0 Å². The lowest BCUT2D eigenvalue weighted by molar-refractivity contribution is -0.122. The Labute approximate surface area is 124 Å². The van der Waals surface area contributed by atoms with Crippen molar-refractivity contribution in [1.29, 1.82) is 0 Å². The Morgan fingerprint density at radius 1 is 1.40 bits per heavy atom. The molecule has 1 atom stereocenters. The van der Waals surface area contributed by atoms with Crippen molar-refractivity contribution in [3.8, 4) is 0 Å². The molecule has 2 rings (SSSR count). The van der Waals surface area contributed by atoms with Crippen LogP contribution in [0.15, 0.2) is 24.3 Å². The van der Waals surface area contributed by atoms with E-state index in [2.05, 4.69) is 19.2 Å². The summed E-state index contributed by atoms with van der Waals surface area (Å²) in [5.41, 5.74) is 1.35. The van der Waals surface area contributed by atoms with Crippen LogP contribution in [-0.4, -0.2) is 18.2 Å². The van der Waals surface area contributed by atoms with Gasteiger partial charge in [-0.05, 0) is 41.7 Å². The van der Waals surface area contributed by atoms with Crippen LogP contribution in [0.25, 0.3) is 0 Å². The molecule has 4 heteroatoms. The fourth-order valence-corrected chi connectivity index (χ4v) is 3.12. The fourth-order valence-electron chi connectivity index (χ4n) is 2.19. The number of halogens is 1.